The largest absolute Gasteiger partial charge is 0.266 e. The average molecular weight is 401 g/mol. The second kappa shape index (κ2) is 5.80. The first kappa shape index (κ1) is 15.4. The van der Waals surface area contributed by atoms with Crippen LogP contribution in [-0.4, -0.2) is 18.4 Å². The van der Waals surface area contributed by atoms with E-state index in [2.05, 4.69) is 30.6 Å². The van der Waals surface area contributed by atoms with E-state index in [-0.39, 0.29) is 16.0 Å². The molecular weight excluding hydrogens is 396 g/mol. The van der Waals surface area contributed by atoms with Gasteiger partial charge >= 0.3 is 0 Å². The monoisotopic (exact) mass is 399 g/mol. The van der Waals surface area contributed by atoms with Gasteiger partial charge in [0.25, 0.3) is 10.0 Å². The van der Waals surface area contributed by atoms with Gasteiger partial charge in [-0.1, -0.05) is 39.1 Å². The van der Waals surface area contributed by atoms with Crippen LogP contribution in [0.25, 0.3) is 0 Å². The number of nitrogens with zero attached hydrogens (tertiary/aromatic N) is 2. The van der Waals surface area contributed by atoms with Crippen molar-refractivity contribution in [2.24, 2.45) is 0 Å². The Kier molecular flexibility index (Phi) is 4.48. The maximum absolute atomic E-state index is 13.7. The second-order valence-electron chi connectivity index (χ2n) is 3.51. The number of aromatic nitrogens is 2. The summed E-state index contributed by atoms with van der Waals surface area (Å²) in [5.74, 6) is -1.14. The predicted octanol–water partition coefficient (Wildman–Crippen LogP) is 3.49. The summed E-state index contributed by atoms with van der Waals surface area (Å²) in [6, 6.07) is 3.54. The van der Waals surface area contributed by atoms with E-state index in [1.54, 1.807) is 0 Å². The first-order chi connectivity index (χ1) is 9.31. The quantitative estimate of drug-likeness (QED) is 0.800. The molecule has 0 amide bonds. The molecular formula is C10H5BrCl2FN3O2S. The maximum Gasteiger partial charge on any atom is 0.266 e. The highest BCUT2D eigenvalue weighted by atomic mass is 79.9. The zero-order valence-corrected chi connectivity index (χ0v) is 13.4. The number of hydrogen-bond acceptors (Lipinski definition) is 4. The summed E-state index contributed by atoms with van der Waals surface area (Å²) < 4.78 is 40.3. The molecule has 20 heavy (non-hydrogen) atoms. The zero-order valence-electron chi connectivity index (χ0n) is 9.44. The lowest BCUT2D eigenvalue weighted by Crippen LogP contribution is -2.16. The third-order valence-electron chi connectivity index (χ3n) is 2.16. The molecule has 1 aromatic heterocycles. The number of rotatable bonds is 3. The lowest BCUT2D eigenvalue weighted by Gasteiger charge is -2.09. The third-order valence-corrected chi connectivity index (χ3v) is 4.77. The summed E-state index contributed by atoms with van der Waals surface area (Å²) in [6.45, 7) is 0. The van der Waals surface area contributed by atoms with Crippen LogP contribution in [0.5, 0.6) is 0 Å². The fourth-order valence-corrected chi connectivity index (χ4v) is 3.04. The number of hydrogen-bond donors (Lipinski definition) is 1. The Hall–Kier alpha value is -0.960. The molecule has 10 heteroatoms. The minimum absolute atomic E-state index is 0.115. The Morgan fingerprint density at radius 3 is 2.60 bits per heavy atom. The van der Waals surface area contributed by atoms with Crippen LogP contribution in [0.15, 0.2) is 33.9 Å². The normalized spacial score (nSPS) is 11.4. The average Bonchev–Trinajstić information content (AvgIpc) is 2.34. The van der Waals surface area contributed by atoms with Crippen LogP contribution in [0.4, 0.5) is 10.2 Å². The molecule has 0 atom stereocenters. The molecule has 0 bridgehead atoms. The molecule has 1 N–H and O–H groups in total. The fourth-order valence-electron chi connectivity index (χ4n) is 1.29. The van der Waals surface area contributed by atoms with E-state index in [9.17, 15) is 12.8 Å². The van der Waals surface area contributed by atoms with Gasteiger partial charge in [-0.15, -0.1) is 0 Å². The first-order valence-electron chi connectivity index (χ1n) is 4.95. The number of anilines is 1. The van der Waals surface area contributed by atoms with Crippen molar-refractivity contribution in [3.05, 3.63) is 45.0 Å². The van der Waals surface area contributed by atoms with Gasteiger partial charge in [-0.05, 0) is 18.2 Å². The fraction of sp³-hybridized carbons (Fsp3) is 0. The summed E-state index contributed by atoms with van der Waals surface area (Å²) in [5, 5.41) is -0.286. The van der Waals surface area contributed by atoms with Gasteiger partial charge in [-0.3, -0.25) is 4.72 Å². The molecule has 1 aromatic carbocycles. The Labute approximate surface area is 132 Å². The summed E-state index contributed by atoms with van der Waals surface area (Å²) >= 11 is 14.4. The molecule has 0 aliphatic heterocycles. The van der Waals surface area contributed by atoms with Crippen molar-refractivity contribution in [2.45, 2.75) is 4.90 Å². The van der Waals surface area contributed by atoms with Gasteiger partial charge < -0.3 is 0 Å². The smallest absolute Gasteiger partial charge is 0.262 e. The van der Waals surface area contributed by atoms with Crippen LogP contribution in [0.1, 0.15) is 0 Å². The molecule has 0 radical (unpaired) electrons. The van der Waals surface area contributed by atoms with E-state index < -0.39 is 20.7 Å². The Morgan fingerprint density at radius 1 is 1.25 bits per heavy atom. The van der Waals surface area contributed by atoms with Crippen molar-refractivity contribution in [2.75, 3.05) is 4.72 Å². The Bertz CT molecular complexity index is 773. The molecule has 0 unspecified atom stereocenters. The van der Waals surface area contributed by atoms with Gasteiger partial charge in [0.2, 0.25) is 0 Å². The zero-order chi connectivity index (χ0) is 14.9. The van der Waals surface area contributed by atoms with Crippen molar-refractivity contribution < 1.29 is 12.8 Å². The van der Waals surface area contributed by atoms with E-state index >= 15 is 0 Å². The topological polar surface area (TPSA) is 72.0 Å². The lowest BCUT2D eigenvalue weighted by atomic mass is 10.3. The molecule has 1 heterocycles. The van der Waals surface area contributed by atoms with Crippen LogP contribution in [0, 0.1) is 5.82 Å². The minimum atomic E-state index is -4.18. The molecule has 0 aliphatic rings. The highest BCUT2D eigenvalue weighted by Crippen LogP contribution is 2.28. The first-order valence-corrected chi connectivity index (χ1v) is 7.98. The van der Waals surface area contributed by atoms with Crippen LogP contribution in [0.2, 0.25) is 10.2 Å². The predicted molar refractivity (Wildman–Crippen MR) is 77.0 cm³/mol. The van der Waals surface area contributed by atoms with Crippen LogP contribution in [-0.2, 0) is 10.0 Å². The molecule has 2 rings (SSSR count). The Balaban J connectivity index is 2.44. The summed E-state index contributed by atoms with van der Waals surface area (Å²) in [6.07, 6.45) is 1.03. The molecule has 5 nitrogen and oxygen atoms in total. The molecule has 106 valence electrons. The van der Waals surface area contributed by atoms with Gasteiger partial charge in [0.1, 0.15) is 22.1 Å². The summed E-state index contributed by atoms with van der Waals surface area (Å²) in [5.41, 5.74) is 0. The molecule has 0 saturated carbocycles. The molecule has 0 spiro atoms. The van der Waals surface area contributed by atoms with E-state index in [4.69, 9.17) is 23.2 Å². The van der Waals surface area contributed by atoms with Gasteiger partial charge in [-0.2, -0.15) is 0 Å². The van der Waals surface area contributed by atoms with E-state index in [0.717, 1.165) is 18.5 Å². The molecule has 2 aromatic rings. The van der Waals surface area contributed by atoms with Gasteiger partial charge in [0.05, 0.1) is 0 Å². The third kappa shape index (κ3) is 3.20. The van der Waals surface area contributed by atoms with Gasteiger partial charge in [-0.25, -0.2) is 22.8 Å². The molecule has 0 aliphatic carbocycles. The van der Waals surface area contributed by atoms with Crippen molar-refractivity contribution in [3.63, 3.8) is 0 Å². The van der Waals surface area contributed by atoms with Crippen LogP contribution >= 0.6 is 39.1 Å². The van der Waals surface area contributed by atoms with Crippen molar-refractivity contribution >= 4 is 55.0 Å². The maximum atomic E-state index is 13.7. The SMILES string of the molecule is O=S(=O)(Nc1ncnc(Cl)c1Cl)c1ccc(Br)cc1F. The van der Waals surface area contributed by atoms with E-state index in [0.29, 0.717) is 4.47 Å². The van der Waals surface area contributed by atoms with Crippen molar-refractivity contribution in [1.29, 1.82) is 0 Å². The number of halogens is 4. The number of nitrogens with one attached hydrogen (secondary N) is 1. The van der Waals surface area contributed by atoms with E-state index in [1.807, 2.05) is 0 Å². The number of sulfonamides is 1. The highest BCUT2D eigenvalue weighted by Gasteiger charge is 2.21. The van der Waals surface area contributed by atoms with Gasteiger partial charge in [0, 0.05) is 4.47 Å². The summed E-state index contributed by atoms with van der Waals surface area (Å²) in [7, 11) is -4.18. The van der Waals surface area contributed by atoms with Crippen molar-refractivity contribution in [1.82, 2.24) is 9.97 Å². The van der Waals surface area contributed by atoms with Crippen LogP contribution < -0.4 is 4.72 Å². The van der Waals surface area contributed by atoms with Crippen LogP contribution in [0.3, 0.4) is 0 Å². The molecule has 0 saturated heterocycles. The second-order valence-corrected chi connectivity index (χ2v) is 6.81. The number of benzene rings is 1. The molecule has 0 fully saturated rings. The highest BCUT2D eigenvalue weighted by molar-refractivity contribution is 9.10. The minimum Gasteiger partial charge on any atom is -0.262 e. The Morgan fingerprint density at radius 2 is 1.95 bits per heavy atom. The lowest BCUT2D eigenvalue weighted by molar-refractivity contribution is 0.569. The van der Waals surface area contributed by atoms with Gasteiger partial charge in [0.15, 0.2) is 11.0 Å². The summed E-state index contributed by atoms with van der Waals surface area (Å²) in [4.78, 5) is 6.69. The van der Waals surface area contributed by atoms with Crippen molar-refractivity contribution in [3.8, 4) is 0 Å². The standard InChI is InChI=1S/C10H5BrCl2FN3O2S/c11-5-1-2-7(6(14)3-5)20(18,19)17-10-8(12)9(13)15-4-16-10/h1-4H,(H,15,16,17). The van der Waals surface area contributed by atoms with E-state index in [1.165, 1.54) is 6.07 Å².